The minimum Gasteiger partial charge on any atom is -0.379 e. The third kappa shape index (κ3) is 2.42. The lowest BCUT2D eigenvalue weighted by atomic mass is 10.2. The van der Waals surface area contributed by atoms with Crippen molar-refractivity contribution in [1.29, 1.82) is 0 Å². The molecule has 0 aliphatic rings. The molecule has 19 heavy (non-hydrogen) atoms. The molecular formula is C15H12N2O2. The van der Waals surface area contributed by atoms with Crippen molar-refractivity contribution in [3.05, 3.63) is 66.4 Å². The number of carbonyl (C=O) groups is 1. The van der Waals surface area contributed by atoms with Crippen molar-refractivity contribution in [2.75, 3.05) is 0 Å². The molecule has 1 amide bonds. The largest absolute Gasteiger partial charge is 0.379 e. The molecule has 94 valence electrons. The van der Waals surface area contributed by atoms with Gasteiger partial charge in [0.2, 0.25) is 0 Å². The second-order valence-electron chi connectivity index (χ2n) is 4.13. The summed E-state index contributed by atoms with van der Waals surface area (Å²) in [6.45, 7) is 0. The molecule has 4 nitrogen and oxygen atoms in total. The molecule has 1 aromatic heterocycles. The lowest BCUT2D eigenvalue weighted by molar-refractivity contribution is 0.0760. The lowest BCUT2D eigenvalue weighted by Gasteiger charge is -2.07. The molecule has 0 aliphatic heterocycles. The molecule has 0 bridgehead atoms. The SMILES string of the molecule is O=C(NOc1ccc2cc[nH]c2c1)c1ccccc1. The fourth-order valence-corrected chi connectivity index (χ4v) is 1.84. The second kappa shape index (κ2) is 4.86. The smallest absolute Gasteiger partial charge is 0.283 e. The van der Waals surface area contributed by atoms with Crippen LogP contribution in [0.4, 0.5) is 0 Å². The highest BCUT2D eigenvalue weighted by Gasteiger charge is 2.05. The molecule has 0 atom stereocenters. The normalized spacial score (nSPS) is 10.3. The van der Waals surface area contributed by atoms with Gasteiger partial charge in [0.25, 0.3) is 5.91 Å². The molecule has 3 aromatic rings. The number of amides is 1. The fraction of sp³-hybridized carbons (Fsp3) is 0. The quantitative estimate of drug-likeness (QED) is 0.704. The fourth-order valence-electron chi connectivity index (χ4n) is 1.84. The van der Waals surface area contributed by atoms with Gasteiger partial charge in [-0.25, -0.2) is 0 Å². The van der Waals surface area contributed by atoms with Gasteiger partial charge in [-0.05, 0) is 35.7 Å². The maximum Gasteiger partial charge on any atom is 0.283 e. The molecule has 0 saturated carbocycles. The van der Waals surface area contributed by atoms with E-state index in [0.29, 0.717) is 11.3 Å². The van der Waals surface area contributed by atoms with Crippen LogP contribution in [0.3, 0.4) is 0 Å². The Labute approximate surface area is 110 Å². The van der Waals surface area contributed by atoms with E-state index in [1.165, 1.54) is 0 Å². The molecule has 1 heterocycles. The topological polar surface area (TPSA) is 54.1 Å². The summed E-state index contributed by atoms with van der Waals surface area (Å²) in [5, 5.41) is 1.10. The van der Waals surface area contributed by atoms with Gasteiger partial charge < -0.3 is 9.82 Å². The van der Waals surface area contributed by atoms with Gasteiger partial charge in [0.1, 0.15) is 0 Å². The number of benzene rings is 2. The van der Waals surface area contributed by atoms with Gasteiger partial charge in [-0.15, -0.1) is 0 Å². The lowest BCUT2D eigenvalue weighted by Crippen LogP contribution is -2.26. The second-order valence-corrected chi connectivity index (χ2v) is 4.13. The third-order valence-corrected chi connectivity index (χ3v) is 2.82. The number of hydrogen-bond acceptors (Lipinski definition) is 2. The summed E-state index contributed by atoms with van der Waals surface area (Å²) in [4.78, 5) is 20.2. The van der Waals surface area contributed by atoms with Gasteiger partial charge in [-0.3, -0.25) is 4.79 Å². The minimum atomic E-state index is -0.271. The number of aromatic amines is 1. The summed E-state index contributed by atoms with van der Waals surface area (Å²) in [7, 11) is 0. The summed E-state index contributed by atoms with van der Waals surface area (Å²) in [6, 6.07) is 16.5. The molecule has 0 radical (unpaired) electrons. The average molecular weight is 252 g/mol. The number of hydroxylamine groups is 1. The van der Waals surface area contributed by atoms with Gasteiger partial charge in [-0.1, -0.05) is 18.2 Å². The number of fused-ring (bicyclic) bond motifs is 1. The first kappa shape index (κ1) is 11.3. The minimum absolute atomic E-state index is 0.271. The summed E-state index contributed by atoms with van der Waals surface area (Å²) in [5.74, 6) is 0.311. The zero-order chi connectivity index (χ0) is 13.1. The highest BCUT2D eigenvalue weighted by atomic mass is 16.7. The number of nitrogens with one attached hydrogen (secondary N) is 2. The highest BCUT2D eigenvalue weighted by molar-refractivity contribution is 5.93. The van der Waals surface area contributed by atoms with Crippen LogP contribution in [0.5, 0.6) is 5.75 Å². The highest BCUT2D eigenvalue weighted by Crippen LogP contribution is 2.18. The molecule has 0 unspecified atom stereocenters. The van der Waals surface area contributed by atoms with E-state index in [9.17, 15) is 4.79 Å². The first-order chi connectivity index (χ1) is 9.33. The number of hydrogen-bond donors (Lipinski definition) is 2. The molecule has 0 spiro atoms. The van der Waals surface area contributed by atoms with Gasteiger partial charge in [0, 0.05) is 23.3 Å². The van der Waals surface area contributed by atoms with Crippen molar-refractivity contribution in [2.45, 2.75) is 0 Å². The predicted molar refractivity (Wildman–Crippen MR) is 72.8 cm³/mol. The zero-order valence-electron chi connectivity index (χ0n) is 10.1. The Morgan fingerprint density at radius 2 is 1.89 bits per heavy atom. The first-order valence-corrected chi connectivity index (χ1v) is 5.92. The van der Waals surface area contributed by atoms with Crippen LogP contribution in [0, 0.1) is 0 Å². The van der Waals surface area contributed by atoms with Crippen molar-refractivity contribution < 1.29 is 9.63 Å². The van der Waals surface area contributed by atoms with Crippen LogP contribution in [-0.2, 0) is 0 Å². The van der Waals surface area contributed by atoms with E-state index in [1.54, 1.807) is 30.3 Å². The molecule has 0 fully saturated rings. The van der Waals surface area contributed by atoms with E-state index in [-0.39, 0.29) is 5.91 Å². The van der Waals surface area contributed by atoms with E-state index in [2.05, 4.69) is 10.5 Å². The maximum absolute atomic E-state index is 11.8. The predicted octanol–water partition coefficient (Wildman–Crippen LogP) is 2.89. The Morgan fingerprint density at radius 1 is 1.05 bits per heavy atom. The van der Waals surface area contributed by atoms with Crippen LogP contribution in [0.15, 0.2) is 60.8 Å². The Hall–Kier alpha value is -2.75. The van der Waals surface area contributed by atoms with Gasteiger partial charge in [0.15, 0.2) is 5.75 Å². The van der Waals surface area contributed by atoms with Crippen LogP contribution in [-0.4, -0.2) is 10.9 Å². The number of carbonyl (C=O) groups excluding carboxylic acids is 1. The molecular weight excluding hydrogens is 240 g/mol. The Balaban J connectivity index is 1.70. The molecule has 3 rings (SSSR count). The summed E-state index contributed by atoms with van der Waals surface area (Å²) in [5.41, 5.74) is 3.94. The average Bonchev–Trinajstić information content (AvgIpc) is 2.93. The molecule has 4 heteroatoms. The third-order valence-electron chi connectivity index (χ3n) is 2.82. The number of rotatable bonds is 3. The van der Waals surface area contributed by atoms with E-state index >= 15 is 0 Å². The van der Waals surface area contributed by atoms with Crippen molar-refractivity contribution in [3.63, 3.8) is 0 Å². The Kier molecular flexibility index (Phi) is 2.90. The van der Waals surface area contributed by atoms with Crippen LogP contribution < -0.4 is 10.3 Å². The summed E-state index contributed by atoms with van der Waals surface area (Å²) < 4.78 is 0. The van der Waals surface area contributed by atoms with E-state index in [4.69, 9.17) is 4.84 Å². The summed E-state index contributed by atoms with van der Waals surface area (Å²) in [6.07, 6.45) is 1.86. The molecule has 2 aromatic carbocycles. The number of aromatic nitrogens is 1. The van der Waals surface area contributed by atoms with E-state index in [1.807, 2.05) is 30.5 Å². The van der Waals surface area contributed by atoms with E-state index in [0.717, 1.165) is 10.9 Å². The number of H-pyrrole nitrogens is 1. The molecule has 0 aliphatic carbocycles. The van der Waals surface area contributed by atoms with Crippen LogP contribution in [0.25, 0.3) is 10.9 Å². The Bertz CT molecular complexity index is 704. The maximum atomic E-state index is 11.8. The monoisotopic (exact) mass is 252 g/mol. The van der Waals surface area contributed by atoms with Crippen molar-refractivity contribution >= 4 is 16.8 Å². The molecule has 2 N–H and O–H groups in total. The Morgan fingerprint density at radius 3 is 2.74 bits per heavy atom. The van der Waals surface area contributed by atoms with Gasteiger partial charge in [-0.2, -0.15) is 5.48 Å². The van der Waals surface area contributed by atoms with Crippen molar-refractivity contribution in [3.8, 4) is 5.75 Å². The standard InChI is InChI=1S/C15H12N2O2/c18-15(12-4-2-1-3-5-12)17-19-13-7-6-11-8-9-16-14(11)10-13/h1-10,16H,(H,17,18). The van der Waals surface area contributed by atoms with Crippen LogP contribution >= 0.6 is 0 Å². The van der Waals surface area contributed by atoms with E-state index < -0.39 is 0 Å². The van der Waals surface area contributed by atoms with Crippen LogP contribution in [0.1, 0.15) is 10.4 Å². The molecule has 0 saturated heterocycles. The van der Waals surface area contributed by atoms with Gasteiger partial charge in [0.05, 0.1) is 0 Å². The first-order valence-electron chi connectivity index (χ1n) is 5.92. The van der Waals surface area contributed by atoms with Crippen LogP contribution in [0.2, 0.25) is 0 Å². The summed E-state index contributed by atoms with van der Waals surface area (Å²) >= 11 is 0. The van der Waals surface area contributed by atoms with Crippen molar-refractivity contribution in [2.24, 2.45) is 0 Å². The zero-order valence-corrected chi connectivity index (χ0v) is 10.1. The van der Waals surface area contributed by atoms with Crippen molar-refractivity contribution in [1.82, 2.24) is 10.5 Å². The van der Waals surface area contributed by atoms with Gasteiger partial charge >= 0.3 is 0 Å².